The number of carbonyl (C=O) groups is 1. The zero-order valence-corrected chi connectivity index (χ0v) is 11.4. The molecule has 1 saturated heterocycles. The summed E-state index contributed by atoms with van der Waals surface area (Å²) >= 11 is 1.39. The quantitative estimate of drug-likeness (QED) is 0.770. The molecular formula is C12H23NO3S. The maximum atomic E-state index is 12.0. The Kier molecular flexibility index (Phi) is 6.30. The monoisotopic (exact) mass is 261 g/mol. The minimum Gasteiger partial charge on any atom is -0.394 e. The summed E-state index contributed by atoms with van der Waals surface area (Å²) in [6.45, 7) is 3.96. The van der Waals surface area contributed by atoms with Crippen LogP contribution in [0.15, 0.2) is 0 Å². The topological polar surface area (TPSA) is 60.8 Å². The summed E-state index contributed by atoms with van der Waals surface area (Å²) in [4.78, 5) is 14.0. The number of aliphatic hydroxyl groups excluding tert-OH is 2. The van der Waals surface area contributed by atoms with Gasteiger partial charge in [0, 0.05) is 17.8 Å². The number of nitrogens with zero attached hydrogens (tertiary/aromatic N) is 1. The van der Waals surface area contributed by atoms with Gasteiger partial charge < -0.3 is 15.1 Å². The van der Waals surface area contributed by atoms with Gasteiger partial charge in [0.1, 0.15) is 0 Å². The molecule has 0 bridgehead atoms. The SMILES string of the molecule is CC1CCCC(C)N1C(=O)CSCC(O)CO. The third kappa shape index (κ3) is 4.48. The van der Waals surface area contributed by atoms with Gasteiger partial charge in [-0.15, -0.1) is 11.8 Å². The Balaban J connectivity index is 2.35. The van der Waals surface area contributed by atoms with E-state index in [1.165, 1.54) is 18.2 Å². The maximum absolute atomic E-state index is 12.0. The van der Waals surface area contributed by atoms with Crippen molar-refractivity contribution in [3.05, 3.63) is 0 Å². The molecule has 0 aliphatic carbocycles. The van der Waals surface area contributed by atoms with Gasteiger partial charge >= 0.3 is 0 Å². The number of likely N-dealkylation sites (tertiary alicyclic amines) is 1. The van der Waals surface area contributed by atoms with Crippen LogP contribution < -0.4 is 0 Å². The fourth-order valence-electron chi connectivity index (χ4n) is 2.32. The van der Waals surface area contributed by atoms with Gasteiger partial charge in [0.25, 0.3) is 0 Å². The first-order valence-electron chi connectivity index (χ1n) is 6.24. The lowest BCUT2D eigenvalue weighted by molar-refractivity contribution is -0.134. The Morgan fingerprint density at radius 1 is 1.41 bits per heavy atom. The van der Waals surface area contributed by atoms with Crippen molar-refractivity contribution in [1.29, 1.82) is 0 Å². The van der Waals surface area contributed by atoms with E-state index in [-0.39, 0.29) is 12.5 Å². The van der Waals surface area contributed by atoms with Gasteiger partial charge in [-0.2, -0.15) is 0 Å². The molecular weight excluding hydrogens is 238 g/mol. The number of aliphatic hydroxyl groups is 2. The van der Waals surface area contributed by atoms with Gasteiger partial charge in [-0.3, -0.25) is 4.79 Å². The average molecular weight is 261 g/mol. The number of thioether (sulfide) groups is 1. The van der Waals surface area contributed by atoms with Crippen LogP contribution in [0.3, 0.4) is 0 Å². The minimum atomic E-state index is -0.719. The first-order chi connectivity index (χ1) is 8.06. The summed E-state index contributed by atoms with van der Waals surface area (Å²) in [5, 5.41) is 17.9. The summed E-state index contributed by atoms with van der Waals surface area (Å²) in [5.74, 6) is 0.963. The van der Waals surface area contributed by atoms with Crippen molar-refractivity contribution in [2.75, 3.05) is 18.1 Å². The molecule has 4 nitrogen and oxygen atoms in total. The average Bonchev–Trinajstić information content (AvgIpc) is 2.28. The van der Waals surface area contributed by atoms with Gasteiger partial charge in [-0.1, -0.05) is 0 Å². The third-order valence-electron chi connectivity index (χ3n) is 3.23. The van der Waals surface area contributed by atoms with Crippen LogP contribution in [0.1, 0.15) is 33.1 Å². The molecule has 1 rings (SSSR count). The molecule has 5 heteroatoms. The molecule has 3 atom stereocenters. The van der Waals surface area contributed by atoms with E-state index < -0.39 is 6.10 Å². The number of carbonyl (C=O) groups excluding carboxylic acids is 1. The number of hydrogen-bond acceptors (Lipinski definition) is 4. The van der Waals surface area contributed by atoms with Crippen molar-refractivity contribution >= 4 is 17.7 Å². The lowest BCUT2D eigenvalue weighted by atomic mass is 9.98. The lowest BCUT2D eigenvalue weighted by Gasteiger charge is -2.39. The first kappa shape index (κ1) is 14.8. The summed E-state index contributed by atoms with van der Waals surface area (Å²) in [6, 6.07) is 0.657. The normalized spacial score (nSPS) is 26.9. The van der Waals surface area contributed by atoms with Crippen molar-refractivity contribution in [1.82, 2.24) is 4.90 Å². The molecule has 0 radical (unpaired) electrons. The highest BCUT2D eigenvalue weighted by atomic mass is 32.2. The van der Waals surface area contributed by atoms with Crippen LogP contribution in [0.5, 0.6) is 0 Å². The van der Waals surface area contributed by atoms with E-state index in [1.54, 1.807) is 0 Å². The van der Waals surface area contributed by atoms with Crippen molar-refractivity contribution < 1.29 is 15.0 Å². The molecule has 3 unspecified atom stereocenters. The van der Waals surface area contributed by atoms with E-state index in [9.17, 15) is 9.90 Å². The molecule has 2 N–H and O–H groups in total. The molecule has 1 aliphatic rings. The molecule has 0 aromatic heterocycles. The Bertz CT molecular complexity index is 240. The highest BCUT2D eigenvalue weighted by molar-refractivity contribution is 7.99. The number of piperidine rings is 1. The van der Waals surface area contributed by atoms with E-state index >= 15 is 0 Å². The molecule has 1 heterocycles. The van der Waals surface area contributed by atoms with Gasteiger partial charge in [-0.05, 0) is 33.1 Å². The molecule has 0 aromatic carbocycles. The Morgan fingerprint density at radius 3 is 2.53 bits per heavy atom. The summed E-state index contributed by atoms with van der Waals surface area (Å²) in [7, 11) is 0. The summed E-state index contributed by atoms with van der Waals surface area (Å²) < 4.78 is 0. The second-order valence-corrected chi connectivity index (χ2v) is 5.81. The van der Waals surface area contributed by atoms with Crippen LogP contribution >= 0.6 is 11.8 Å². The van der Waals surface area contributed by atoms with Crippen LogP contribution in [0, 0.1) is 0 Å². The van der Waals surface area contributed by atoms with Crippen LogP contribution in [0.25, 0.3) is 0 Å². The van der Waals surface area contributed by atoms with E-state index in [2.05, 4.69) is 13.8 Å². The van der Waals surface area contributed by atoms with Gasteiger partial charge in [0.15, 0.2) is 0 Å². The molecule has 100 valence electrons. The molecule has 0 saturated carbocycles. The van der Waals surface area contributed by atoms with Crippen LogP contribution in [-0.4, -0.2) is 57.3 Å². The summed E-state index contributed by atoms with van der Waals surface area (Å²) in [6.07, 6.45) is 2.65. The standard InChI is InChI=1S/C12H23NO3S/c1-9-4-3-5-10(2)13(9)12(16)8-17-7-11(15)6-14/h9-11,14-15H,3-8H2,1-2H3. The van der Waals surface area contributed by atoms with Crippen molar-refractivity contribution in [3.8, 4) is 0 Å². The molecule has 0 spiro atoms. The van der Waals surface area contributed by atoms with Crippen molar-refractivity contribution in [2.24, 2.45) is 0 Å². The van der Waals surface area contributed by atoms with Crippen molar-refractivity contribution in [2.45, 2.75) is 51.3 Å². The van der Waals surface area contributed by atoms with Crippen LogP contribution in [0.2, 0.25) is 0 Å². The fraction of sp³-hybridized carbons (Fsp3) is 0.917. The van der Waals surface area contributed by atoms with Crippen molar-refractivity contribution in [3.63, 3.8) is 0 Å². The smallest absolute Gasteiger partial charge is 0.233 e. The fourth-order valence-corrected chi connectivity index (χ4v) is 3.14. The zero-order chi connectivity index (χ0) is 12.8. The van der Waals surface area contributed by atoms with Crippen LogP contribution in [0.4, 0.5) is 0 Å². The van der Waals surface area contributed by atoms with Gasteiger partial charge in [0.05, 0.1) is 18.5 Å². The molecule has 17 heavy (non-hydrogen) atoms. The van der Waals surface area contributed by atoms with Crippen LogP contribution in [-0.2, 0) is 4.79 Å². The molecule has 1 fully saturated rings. The number of rotatable bonds is 5. The highest BCUT2D eigenvalue weighted by Gasteiger charge is 2.28. The van der Waals surface area contributed by atoms with Gasteiger partial charge in [-0.25, -0.2) is 0 Å². The number of amides is 1. The largest absolute Gasteiger partial charge is 0.394 e. The maximum Gasteiger partial charge on any atom is 0.233 e. The first-order valence-corrected chi connectivity index (χ1v) is 7.39. The lowest BCUT2D eigenvalue weighted by Crippen LogP contribution is -2.48. The Morgan fingerprint density at radius 2 is 2.00 bits per heavy atom. The molecule has 0 aromatic rings. The Labute approximate surface area is 107 Å². The van der Waals surface area contributed by atoms with Gasteiger partial charge in [0.2, 0.25) is 5.91 Å². The highest BCUT2D eigenvalue weighted by Crippen LogP contribution is 2.23. The predicted octanol–water partition coefficient (Wildman–Crippen LogP) is 0.862. The second kappa shape index (κ2) is 7.24. The second-order valence-electron chi connectivity index (χ2n) is 4.78. The van der Waals surface area contributed by atoms with E-state index in [0.29, 0.717) is 23.6 Å². The van der Waals surface area contributed by atoms with E-state index in [1.807, 2.05) is 4.90 Å². The van der Waals surface area contributed by atoms with E-state index in [0.717, 1.165) is 12.8 Å². The summed E-state index contributed by atoms with van der Waals surface area (Å²) in [5.41, 5.74) is 0. The zero-order valence-electron chi connectivity index (χ0n) is 10.6. The molecule has 1 aliphatic heterocycles. The number of hydrogen-bond donors (Lipinski definition) is 2. The Hall–Kier alpha value is -0.260. The predicted molar refractivity (Wildman–Crippen MR) is 70.0 cm³/mol. The molecule has 1 amide bonds. The van der Waals surface area contributed by atoms with E-state index in [4.69, 9.17) is 5.11 Å². The minimum absolute atomic E-state index is 0.153. The third-order valence-corrected chi connectivity index (χ3v) is 4.30.